The second kappa shape index (κ2) is 7.31. The number of ether oxygens (including phenoxy) is 1. The number of ketones is 1. The van der Waals surface area contributed by atoms with Crippen molar-refractivity contribution in [2.75, 3.05) is 12.9 Å². The quantitative estimate of drug-likeness (QED) is 0.507. The number of Topliss-reactive ketones (excluding diaryl/α,β-unsaturated/α-hetero) is 1. The summed E-state index contributed by atoms with van der Waals surface area (Å²) in [6.45, 7) is 4.57. The monoisotopic (exact) mass is 389 g/mol. The number of thioether (sulfide) groups is 1. The molecule has 0 aromatic carbocycles. The van der Waals surface area contributed by atoms with Crippen molar-refractivity contribution >= 4 is 23.5 Å². The molecule has 27 heavy (non-hydrogen) atoms. The van der Waals surface area contributed by atoms with Crippen LogP contribution in [0.3, 0.4) is 0 Å². The highest BCUT2D eigenvalue weighted by atomic mass is 32.2. The highest BCUT2D eigenvalue weighted by Crippen LogP contribution is 2.60. The number of carbonyl (C=O) groups is 2. The lowest BCUT2D eigenvalue weighted by atomic mass is 9.56. The van der Waals surface area contributed by atoms with Crippen LogP contribution in [0.4, 0.5) is 0 Å². The molecule has 5 heteroatoms. The summed E-state index contributed by atoms with van der Waals surface area (Å²) in [4.78, 5) is 24.4. The molecule has 1 heterocycles. The topological polar surface area (TPSA) is 48.3 Å². The Balaban J connectivity index is 1.41. The lowest BCUT2D eigenvalue weighted by molar-refractivity contribution is -0.140. The molecule has 4 aliphatic rings. The smallest absolute Gasteiger partial charge is 0.307 e. The van der Waals surface area contributed by atoms with Crippen molar-refractivity contribution in [3.63, 3.8) is 0 Å². The summed E-state index contributed by atoms with van der Waals surface area (Å²) in [5.74, 6) is 3.38. The summed E-state index contributed by atoms with van der Waals surface area (Å²) in [5, 5.41) is 0. The number of methoxy groups -OCH3 is 1. The Bertz CT molecular complexity index is 716. The van der Waals surface area contributed by atoms with Crippen LogP contribution in [0.15, 0.2) is 6.07 Å². The zero-order chi connectivity index (χ0) is 19.2. The van der Waals surface area contributed by atoms with E-state index in [2.05, 4.69) is 4.57 Å². The predicted molar refractivity (Wildman–Crippen MR) is 108 cm³/mol. The summed E-state index contributed by atoms with van der Waals surface area (Å²) in [5.41, 5.74) is 2.85. The first kappa shape index (κ1) is 19.1. The summed E-state index contributed by atoms with van der Waals surface area (Å²) in [6, 6.07) is 2.00. The third-order valence-electron chi connectivity index (χ3n) is 7.13. The molecule has 0 radical (unpaired) electrons. The molecule has 4 bridgehead atoms. The van der Waals surface area contributed by atoms with Gasteiger partial charge in [-0.2, -0.15) is 0 Å². The molecule has 148 valence electrons. The van der Waals surface area contributed by atoms with Crippen molar-refractivity contribution in [1.29, 1.82) is 0 Å². The first-order valence-electron chi connectivity index (χ1n) is 10.3. The summed E-state index contributed by atoms with van der Waals surface area (Å²) >= 11 is 1.95. The van der Waals surface area contributed by atoms with E-state index in [4.69, 9.17) is 4.74 Å². The van der Waals surface area contributed by atoms with E-state index in [9.17, 15) is 9.59 Å². The fourth-order valence-corrected chi connectivity index (χ4v) is 7.89. The number of aromatic nitrogens is 1. The first-order chi connectivity index (χ1) is 12.9. The van der Waals surface area contributed by atoms with Crippen LogP contribution in [-0.4, -0.2) is 33.9 Å². The van der Waals surface area contributed by atoms with E-state index in [0.29, 0.717) is 23.5 Å². The van der Waals surface area contributed by atoms with Crippen molar-refractivity contribution < 1.29 is 14.3 Å². The molecule has 4 aliphatic carbocycles. The maximum atomic E-state index is 13.0. The third-order valence-corrected chi connectivity index (χ3v) is 8.65. The van der Waals surface area contributed by atoms with E-state index in [1.54, 1.807) is 0 Å². The third kappa shape index (κ3) is 3.72. The Labute approximate surface area is 166 Å². The van der Waals surface area contributed by atoms with Crippen molar-refractivity contribution in [2.45, 2.75) is 70.1 Å². The Kier molecular flexibility index (Phi) is 5.17. The highest BCUT2D eigenvalue weighted by Gasteiger charge is 2.51. The van der Waals surface area contributed by atoms with Gasteiger partial charge in [0, 0.05) is 28.2 Å². The predicted octanol–water partition coefficient (Wildman–Crippen LogP) is 4.55. The van der Waals surface area contributed by atoms with Crippen LogP contribution in [-0.2, 0) is 16.1 Å². The average molecular weight is 390 g/mol. The van der Waals surface area contributed by atoms with E-state index in [0.717, 1.165) is 34.7 Å². The molecular formula is C22H31NO3S. The number of hydrogen-bond donors (Lipinski definition) is 0. The molecule has 0 saturated heterocycles. The van der Waals surface area contributed by atoms with Gasteiger partial charge in [-0.1, -0.05) is 0 Å². The second-order valence-electron chi connectivity index (χ2n) is 9.07. The molecule has 0 aliphatic heterocycles. The summed E-state index contributed by atoms with van der Waals surface area (Å²) in [7, 11) is 1.41. The van der Waals surface area contributed by atoms with Gasteiger partial charge in [-0.05, 0) is 76.2 Å². The molecule has 0 spiro atoms. The van der Waals surface area contributed by atoms with Gasteiger partial charge in [-0.25, -0.2) is 0 Å². The molecular weight excluding hydrogens is 358 g/mol. The molecule has 4 fully saturated rings. The molecule has 0 unspecified atom stereocenters. The number of nitrogens with zero attached hydrogens (tertiary/aromatic N) is 1. The van der Waals surface area contributed by atoms with Gasteiger partial charge in [0.25, 0.3) is 0 Å². The maximum absolute atomic E-state index is 13.0. The van der Waals surface area contributed by atoms with Gasteiger partial charge in [0.05, 0.1) is 19.3 Å². The van der Waals surface area contributed by atoms with Crippen LogP contribution < -0.4 is 0 Å². The van der Waals surface area contributed by atoms with Crippen molar-refractivity contribution in [3.05, 3.63) is 23.0 Å². The zero-order valence-electron chi connectivity index (χ0n) is 16.8. The summed E-state index contributed by atoms with van der Waals surface area (Å²) < 4.78 is 7.18. The Morgan fingerprint density at radius 2 is 1.74 bits per heavy atom. The van der Waals surface area contributed by atoms with Gasteiger partial charge in [0.15, 0.2) is 5.78 Å². The first-order valence-corrected chi connectivity index (χ1v) is 11.3. The minimum Gasteiger partial charge on any atom is -0.469 e. The standard InChI is InChI=1S/C22H31NO3S/c1-14-6-19(15(2)23(14)5-4-21(25)26-3)20(24)13-27-22-10-16-7-17(11-22)9-18(8-16)12-22/h6,16-18H,4-5,7-13H2,1-3H3. The number of aryl methyl sites for hydroxylation is 1. The molecule has 4 saturated carbocycles. The number of hydrogen-bond acceptors (Lipinski definition) is 4. The minimum absolute atomic E-state index is 0.215. The van der Waals surface area contributed by atoms with Gasteiger partial charge >= 0.3 is 5.97 Å². The molecule has 5 rings (SSSR count). The van der Waals surface area contributed by atoms with E-state index in [1.807, 2.05) is 31.7 Å². The van der Waals surface area contributed by atoms with Crippen molar-refractivity contribution in [3.8, 4) is 0 Å². The molecule has 0 atom stereocenters. The van der Waals surface area contributed by atoms with Crippen LogP contribution in [0.2, 0.25) is 0 Å². The normalized spacial score (nSPS) is 31.3. The lowest BCUT2D eigenvalue weighted by Gasteiger charge is -2.56. The molecule has 1 aromatic heterocycles. The Morgan fingerprint density at radius 1 is 1.15 bits per heavy atom. The fourth-order valence-electron chi connectivity index (χ4n) is 6.24. The Morgan fingerprint density at radius 3 is 2.30 bits per heavy atom. The molecule has 0 amide bonds. The van der Waals surface area contributed by atoms with Gasteiger partial charge in [-0.3, -0.25) is 9.59 Å². The number of esters is 1. The Hall–Kier alpha value is -1.23. The highest BCUT2D eigenvalue weighted by molar-refractivity contribution is 8.01. The minimum atomic E-state index is -0.215. The van der Waals surface area contributed by atoms with E-state index >= 15 is 0 Å². The van der Waals surface area contributed by atoms with Crippen LogP contribution >= 0.6 is 11.8 Å². The number of carbonyl (C=O) groups excluding carboxylic acids is 2. The van der Waals surface area contributed by atoms with E-state index in [-0.39, 0.29) is 11.8 Å². The molecule has 0 N–H and O–H groups in total. The van der Waals surface area contributed by atoms with E-state index < -0.39 is 0 Å². The second-order valence-corrected chi connectivity index (χ2v) is 10.5. The average Bonchev–Trinajstić information content (AvgIpc) is 2.90. The number of rotatable bonds is 7. The maximum Gasteiger partial charge on any atom is 0.307 e. The molecule has 1 aromatic rings. The van der Waals surface area contributed by atoms with E-state index in [1.165, 1.54) is 45.6 Å². The van der Waals surface area contributed by atoms with Crippen molar-refractivity contribution in [2.24, 2.45) is 17.8 Å². The van der Waals surface area contributed by atoms with Gasteiger partial charge < -0.3 is 9.30 Å². The van der Waals surface area contributed by atoms with Gasteiger partial charge in [0.1, 0.15) is 0 Å². The van der Waals surface area contributed by atoms with Crippen molar-refractivity contribution in [1.82, 2.24) is 4.57 Å². The fraction of sp³-hybridized carbons (Fsp3) is 0.727. The van der Waals surface area contributed by atoms with Crippen LogP contribution in [0.25, 0.3) is 0 Å². The molecule has 4 nitrogen and oxygen atoms in total. The van der Waals surface area contributed by atoms with Gasteiger partial charge in [-0.15, -0.1) is 11.8 Å². The van der Waals surface area contributed by atoms with Crippen LogP contribution in [0, 0.1) is 31.6 Å². The summed E-state index contributed by atoms with van der Waals surface area (Å²) in [6.07, 6.45) is 8.64. The lowest BCUT2D eigenvalue weighted by Crippen LogP contribution is -2.48. The largest absolute Gasteiger partial charge is 0.469 e. The van der Waals surface area contributed by atoms with Gasteiger partial charge in [0.2, 0.25) is 0 Å². The SMILES string of the molecule is COC(=O)CCn1c(C)cc(C(=O)CSC23CC4CC(CC(C4)C2)C3)c1C. The van der Waals surface area contributed by atoms with Crippen LogP contribution in [0.5, 0.6) is 0 Å². The van der Waals surface area contributed by atoms with Crippen LogP contribution in [0.1, 0.15) is 66.7 Å². The zero-order valence-corrected chi connectivity index (χ0v) is 17.6.